The van der Waals surface area contributed by atoms with E-state index in [-0.39, 0.29) is 36.4 Å². The highest BCUT2D eigenvalue weighted by atomic mass is 32.2. The zero-order valence-corrected chi connectivity index (χ0v) is 21.6. The molecular formula is C21H32FN5O8S. The first-order valence-corrected chi connectivity index (χ1v) is 12.4. The molecule has 3 amide bonds. The van der Waals surface area contributed by atoms with E-state index in [1.807, 2.05) is 6.92 Å². The zero-order chi connectivity index (χ0) is 26.5. The highest BCUT2D eigenvalue weighted by Crippen LogP contribution is 2.44. The lowest BCUT2D eigenvalue weighted by Gasteiger charge is -2.34. The number of fused-ring (bicyclic) bond motifs is 1. The predicted octanol–water partition coefficient (Wildman–Crippen LogP) is 2.32. The zero-order valence-electron chi connectivity index (χ0n) is 20.7. The van der Waals surface area contributed by atoms with Crippen molar-refractivity contribution in [1.82, 2.24) is 15.8 Å². The van der Waals surface area contributed by atoms with E-state index in [1.54, 1.807) is 32.4 Å². The van der Waals surface area contributed by atoms with E-state index >= 15 is 4.39 Å². The number of carbonyl (C=O) groups excluding carboxylic acids is 2. The normalized spacial score (nSPS) is 19.3. The van der Waals surface area contributed by atoms with Crippen LogP contribution in [0.25, 0.3) is 0 Å². The van der Waals surface area contributed by atoms with Gasteiger partial charge in [-0.2, -0.15) is 8.42 Å². The lowest BCUT2D eigenvalue weighted by Crippen LogP contribution is -2.50. The Morgan fingerprint density at radius 3 is 2.44 bits per heavy atom. The van der Waals surface area contributed by atoms with E-state index in [0.29, 0.717) is 10.7 Å². The lowest BCUT2D eigenvalue weighted by atomic mass is 10.1. The molecule has 0 aliphatic carbocycles. The molecule has 1 fully saturated rings. The smallest absolute Gasteiger partial charge is 0.412 e. The number of benzene rings is 1. The van der Waals surface area contributed by atoms with Gasteiger partial charge in [-0.05, 0) is 34.1 Å². The van der Waals surface area contributed by atoms with Crippen LogP contribution in [0.2, 0.25) is 0 Å². The Bertz CT molecular complexity index is 1170. The van der Waals surface area contributed by atoms with Gasteiger partial charge in [-0.3, -0.25) is 9.69 Å². The maximum atomic E-state index is 15.6. The van der Waals surface area contributed by atoms with Crippen molar-refractivity contribution in [1.29, 1.82) is 0 Å². The molecule has 6 N–H and O–H groups in total. The Labute approximate surface area is 208 Å². The second-order valence-corrected chi connectivity index (χ2v) is 11.1. The van der Waals surface area contributed by atoms with Crippen LogP contribution in [-0.2, 0) is 26.2 Å². The molecule has 0 radical (unpaired) electrons. The van der Waals surface area contributed by atoms with Gasteiger partial charge in [-0.1, -0.05) is 6.92 Å². The van der Waals surface area contributed by atoms with Crippen molar-refractivity contribution in [3.8, 4) is 5.75 Å². The fraction of sp³-hybridized carbons (Fsp3) is 0.571. The molecule has 2 atom stereocenters. The van der Waals surface area contributed by atoms with Crippen molar-refractivity contribution in [3.05, 3.63) is 17.4 Å². The molecule has 0 bridgehead atoms. The summed E-state index contributed by atoms with van der Waals surface area (Å²) in [6.07, 6.45) is -1.77. The number of anilines is 2. The minimum Gasteiger partial charge on any atom is -0.506 e. The monoisotopic (exact) mass is 533 g/mol. The first-order valence-electron chi connectivity index (χ1n) is 11.0. The fourth-order valence-corrected chi connectivity index (χ4v) is 5.24. The lowest BCUT2D eigenvalue weighted by molar-refractivity contribution is -0.117. The summed E-state index contributed by atoms with van der Waals surface area (Å²) in [5.74, 6) is -2.92. The minimum atomic E-state index is -4.42. The number of ether oxygens (including phenoxy) is 1. The van der Waals surface area contributed by atoms with Crippen molar-refractivity contribution in [2.75, 3.05) is 22.3 Å². The van der Waals surface area contributed by atoms with Gasteiger partial charge in [-0.25, -0.2) is 23.0 Å². The van der Waals surface area contributed by atoms with Gasteiger partial charge < -0.3 is 26.0 Å². The second-order valence-electron chi connectivity index (χ2n) is 9.49. The Morgan fingerprint density at radius 2 is 1.97 bits per heavy atom. The number of phenols is 1. The van der Waals surface area contributed by atoms with Crippen molar-refractivity contribution >= 4 is 39.7 Å². The Morgan fingerprint density at radius 1 is 1.36 bits per heavy atom. The molecule has 0 spiro atoms. The van der Waals surface area contributed by atoms with Crippen molar-refractivity contribution in [3.63, 3.8) is 0 Å². The molecule has 202 valence electrons. The maximum Gasteiger partial charge on any atom is 0.412 e. The van der Waals surface area contributed by atoms with Gasteiger partial charge in [0, 0.05) is 30.6 Å². The third-order valence-corrected chi connectivity index (χ3v) is 7.17. The summed E-state index contributed by atoms with van der Waals surface area (Å²) in [5.41, 5.74) is -1.88. The molecule has 0 saturated carbocycles. The first-order chi connectivity index (χ1) is 16.1. The second kappa shape index (κ2) is 9.97. The minimum absolute atomic E-state index is 0. The molecular weight excluding hydrogens is 501 g/mol. The summed E-state index contributed by atoms with van der Waals surface area (Å²) < 4.78 is 47.6. The molecule has 2 heterocycles. The van der Waals surface area contributed by atoms with Gasteiger partial charge in [0.1, 0.15) is 23.6 Å². The summed E-state index contributed by atoms with van der Waals surface area (Å²) in [6.45, 7) is 7.82. The van der Waals surface area contributed by atoms with E-state index in [2.05, 4.69) is 0 Å². The molecule has 1 aromatic rings. The first kappa shape index (κ1) is 28.9. The molecule has 0 unspecified atom stereocenters. The molecule has 2 aliphatic rings. The van der Waals surface area contributed by atoms with Crippen LogP contribution in [0.3, 0.4) is 0 Å². The molecule has 1 aromatic carbocycles. The Hall–Kier alpha value is -3.33. The standard InChI is InChI=1S/C21H29FN4O8S.H3N/c1-6-11(2)24(20(31)34-21(3,4)5)9-12-7-13-14(26(12)19(29)30)8-15(27)18(17(13)22)25-10-16(28)23-35(25,32)33;/h8,11-12,27H,6-7,9-10H2,1-5H3,(H,23,28)(H,29,30);1H3/t11-,12-;/m1./s1. The van der Waals surface area contributed by atoms with E-state index in [4.69, 9.17) is 4.74 Å². The van der Waals surface area contributed by atoms with Gasteiger partial charge in [0.05, 0.1) is 11.7 Å². The average molecular weight is 534 g/mol. The number of hydrogen-bond donors (Lipinski definition) is 4. The molecule has 0 aromatic heterocycles. The van der Waals surface area contributed by atoms with Crippen LogP contribution < -0.4 is 20.1 Å². The Balaban J connectivity index is 0.00000456. The maximum absolute atomic E-state index is 15.6. The van der Waals surface area contributed by atoms with Crippen LogP contribution in [0.4, 0.5) is 25.4 Å². The van der Waals surface area contributed by atoms with Gasteiger partial charge in [0.25, 0.3) is 5.91 Å². The highest BCUT2D eigenvalue weighted by molar-refractivity contribution is 7.92. The van der Waals surface area contributed by atoms with Crippen molar-refractivity contribution in [2.45, 2.75) is 65.1 Å². The highest BCUT2D eigenvalue weighted by Gasteiger charge is 2.44. The molecule has 3 rings (SSSR count). The van der Waals surface area contributed by atoms with E-state index in [1.165, 1.54) is 4.90 Å². The fourth-order valence-electron chi connectivity index (χ4n) is 4.08. The SMILES string of the molecule is CC[C@@H](C)N(C[C@H]1Cc2c(cc(O)c(N3CC(=O)NS3(=O)=O)c2F)N1C(=O)O)C(=O)OC(C)(C)C.N. The number of nitrogens with one attached hydrogen (secondary N) is 1. The quantitative estimate of drug-likeness (QED) is 0.439. The number of amides is 3. The number of nitrogens with zero attached hydrogens (tertiary/aromatic N) is 3. The summed E-state index contributed by atoms with van der Waals surface area (Å²) in [6, 6.07) is -0.325. The van der Waals surface area contributed by atoms with Crippen LogP contribution >= 0.6 is 0 Å². The number of halogens is 1. The number of phenolic OH excluding ortho intramolecular Hbond substituents is 1. The van der Waals surface area contributed by atoms with E-state index in [0.717, 1.165) is 11.0 Å². The summed E-state index contributed by atoms with van der Waals surface area (Å²) >= 11 is 0. The molecule has 1 saturated heterocycles. The average Bonchev–Trinajstić information content (AvgIpc) is 3.19. The van der Waals surface area contributed by atoms with Gasteiger partial charge in [0.2, 0.25) is 0 Å². The number of hydrogen-bond acceptors (Lipinski definition) is 8. The van der Waals surface area contributed by atoms with Gasteiger partial charge in [0.15, 0.2) is 5.82 Å². The number of rotatable bonds is 5. The molecule has 15 heteroatoms. The molecule has 36 heavy (non-hydrogen) atoms. The molecule has 2 aliphatic heterocycles. The van der Waals surface area contributed by atoms with E-state index < -0.39 is 63.7 Å². The van der Waals surface area contributed by atoms with Crippen LogP contribution in [-0.4, -0.2) is 72.4 Å². The topological polar surface area (TPSA) is 192 Å². The van der Waals surface area contributed by atoms with E-state index in [9.17, 15) is 33.0 Å². The Kier molecular flexibility index (Phi) is 8.00. The van der Waals surface area contributed by atoms with Crippen molar-refractivity contribution in [2.24, 2.45) is 0 Å². The number of aromatic hydroxyl groups is 1. The van der Waals surface area contributed by atoms with Gasteiger partial charge in [-0.15, -0.1) is 0 Å². The summed E-state index contributed by atoms with van der Waals surface area (Å²) in [5, 5.41) is 20.3. The third-order valence-electron chi connectivity index (χ3n) is 5.80. The number of carbonyl (C=O) groups is 3. The molecule has 13 nitrogen and oxygen atoms in total. The third kappa shape index (κ3) is 5.41. The van der Waals surface area contributed by atoms with Crippen LogP contribution in [0.5, 0.6) is 5.75 Å². The van der Waals surface area contributed by atoms with Crippen LogP contribution in [0, 0.1) is 5.82 Å². The van der Waals surface area contributed by atoms with Crippen LogP contribution in [0.15, 0.2) is 6.07 Å². The van der Waals surface area contributed by atoms with Crippen molar-refractivity contribution < 1.29 is 42.1 Å². The predicted molar refractivity (Wildman–Crippen MR) is 128 cm³/mol. The summed E-state index contributed by atoms with van der Waals surface area (Å²) in [7, 11) is -4.42. The summed E-state index contributed by atoms with van der Waals surface area (Å²) in [4.78, 5) is 38.8. The number of carboxylic acid groups (broad SMARTS) is 1. The van der Waals surface area contributed by atoms with Crippen LogP contribution in [0.1, 0.15) is 46.6 Å². The van der Waals surface area contributed by atoms with Gasteiger partial charge >= 0.3 is 22.4 Å². The largest absolute Gasteiger partial charge is 0.506 e.